The number of nitrogens with zero attached hydrogens (tertiary/aromatic N) is 2. The maximum Gasteiger partial charge on any atom is 0.0628 e. The average Bonchev–Trinajstić information content (AvgIpc) is 2.90. The van der Waals surface area contributed by atoms with Gasteiger partial charge < -0.3 is 5.32 Å². The molecule has 3 nitrogen and oxygen atoms in total. The first-order valence-corrected chi connectivity index (χ1v) is 5.57. The molecule has 2 rings (SSSR count). The van der Waals surface area contributed by atoms with Gasteiger partial charge in [-0.3, -0.25) is 4.90 Å². The van der Waals surface area contributed by atoms with Crippen LogP contribution in [0.15, 0.2) is 0 Å². The quantitative estimate of drug-likeness (QED) is 0.726. The zero-order valence-corrected chi connectivity index (χ0v) is 8.92. The average molecular weight is 193 g/mol. The molecule has 1 heterocycles. The van der Waals surface area contributed by atoms with Gasteiger partial charge >= 0.3 is 0 Å². The maximum absolute atomic E-state index is 8.76. The van der Waals surface area contributed by atoms with Crippen LogP contribution in [-0.2, 0) is 0 Å². The molecule has 0 aromatic heterocycles. The molecule has 0 aromatic carbocycles. The lowest BCUT2D eigenvalue weighted by atomic mass is 10.0. The van der Waals surface area contributed by atoms with Crippen LogP contribution in [0.4, 0.5) is 0 Å². The van der Waals surface area contributed by atoms with Gasteiger partial charge in [0.1, 0.15) is 0 Å². The summed E-state index contributed by atoms with van der Waals surface area (Å²) in [5, 5.41) is 12.2. The zero-order valence-electron chi connectivity index (χ0n) is 8.92. The normalized spacial score (nSPS) is 31.0. The predicted molar refractivity (Wildman–Crippen MR) is 55.8 cm³/mol. The Balaban J connectivity index is 1.87. The first-order valence-electron chi connectivity index (χ1n) is 5.57. The van der Waals surface area contributed by atoms with Gasteiger partial charge in [0.2, 0.25) is 0 Å². The van der Waals surface area contributed by atoms with E-state index >= 15 is 0 Å². The van der Waals surface area contributed by atoms with E-state index in [4.69, 9.17) is 5.26 Å². The summed E-state index contributed by atoms with van der Waals surface area (Å²) < 4.78 is 0. The lowest BCUT2D eigenvalue weighted by Gasteiger charge is -2.36. The molecule has 1 saturated heterocycles. The van der Waals surface area contributed by atoms with Gasteiger partial charge in [0.15, 0.2) is 0 Å². The predicted octanol–water partition coefficient (Wildman–Crippen LogP) is 0.974. The van der Waals surface area contributed by atoms with Crippen LogP contribution in [0.5, 0.6) is 0 Å². The Kier molecular flexibility index (Phi) is 2.76. The summed E-state index contributed by atoms with van der Waals surface area (Å²) in [6.07, 6.45) is 3.28. The molecule has 3 heteroatoms. The van der Waals surface area contributed by atoms with Crippen LogP contribution in [0.2, 0.25) is 0 Å². The molecule has 0 amide bonds. The van der Waals surface area contributed by atoms with Crippen molar-refractivity contribution < 1.29 is 0 Å². The maximum atomic E-state index is 8.76. The lowest BCUT2D eigenvalue weighted by Crippen LogP contribution is -2.51. The van der Waals surface area contributed by atoms with Gasteiger partial charge in [0.05, 0.1) is 6.07 Å². The van der Waals surface area contributed by atoms with E-state index in [0.717, 1.165) is 32.6 Å². The van der Waals surface area contributed by atoms with Crippen molar-refractivity contribution in [1.82, 2.24) is 10.2 Å². The highest BCUT2D eigenvalue weighted by Gasteiger charge is 2.44. The van der Waals surface area contributed by atoms with Crippen LogP contribution in [0.3, 0.4) is 0 Å². The fourth-order valence-corrected chi connectivity index (χ4v) is 2.28. The molecule has 1 N–H and O–H groups in total. The highest BCUT2D eigenvalue weighted by Crippen LogP contribution is 2.49. The number of piperazine rings is 1. The smallest absolute Gasteiger partial charge is 0.0628 e. The first kappa shape index (κ1) is 9.95. The molecule has 14 heavy (non-hydrogen) atoms. The van der Waals surface area contributed by atoms with E-state index in [2.05, 4.69) is 23.2 Å². The Morgan fingerprint density at radius 1 is 1.57 bits per heavy atom. The molecule has 1 saturated carbocycles. The Labute approximate surface area is 86.1 Å². The third kappa shape index (κ3) is 2.08. The van der Waals surface area contributed by atoms with Gasteiger partial charge in [-0.05, 0) is 25.2 Å². The van der Waals surface area contributed by atoms with Crippen molar-refractivity contribution in [3.8, 4) is 6.07 Å². The van der Waals surface area contributed by atoms with E-state index in [9.17, 15) is 0 Å². The second kappa shape index (κ2) is 3.88. The molecule has 0 bridgehead atoms. The summed E-state index contributed by atoms with van der Waals surface area (Å²) in [6, 6.07) is 2.97. The first-order chi connectivity index (χ1) is 6.76. The standard InChI is InChI=1S/C11H19N3/c1-10-8-13-6-7-14(10)9-11(2-3-11)4-5-12/h10,13H,2-4,6-9H2,1H3. The minimum absolute atomic E-state index is 0.375. The van der Waals surface area contributed by atoms with Crippen LogP contribution in [0, 0.1) is 16.7 Å². The van der Waals surface area contributed by atoms with Crippen molar-refractivity contribution in [3.63, 3.8) is 0 Å². The lowest BCUT2D eigenvalue weighted by molar-refractivity contribution is 0.141. The Bertz CT molecular complexity index is 239. The number of hydrogen-bond donors (Lipinski definition) is 1. The van der Waals surface area contributed by atoms with Crippen LogP contribution in [-0.4, -0.2) is 37.1 Å². The van der Waals surface area contributed by atoms with Crippen LogP contribution < -0.4 is 5.32 Å². The molecule has 78 valence electrons. The van der Waals surface area contributed by atoms with Crippen LogP contribution in [0.1, 0.15) is 26.2 Å². The van der Waals surface area contributed by atoms with Crippen molar-refractivity contribution in [2.24, 2.45) is 5.41 Å². The molecule has 1 atom stereocenters. The topological polar surface area (TPSA) is 39.1 Å². The molecule has 0 radical (unpaired) electrons. The van der Waals surface area contributed by atoms with E-state index in [1.165, 1.54) is 12.8 Å². The largest absolute Gasteiger partial charge is 0.314 e. The number of nitrogens with one attached hydrogen (secondary N) is 1. The van der Waals surface area contributed by atoms with E-state index in [1.54, 1.807) is 0 Å². The Morgan fingerprint density at radius 3 is 2.93 bits per heavy atom. The summed E-state index contributed by atoms with van der Waals surface area (Å²) in [6.45, 7) is 6.77. The van der Waals surface area contributed by atoms with Crippen LogP contribution in [0.25, 0.3) is 0 Å². The summed E-state index contributed by atoms with van der Waals surface area (Å²) in [5.74, 6) is 0. The van der Waals surface area contributed by atoms with Crippen LogP contribution >= 0.6 is 0 Å². The van der Waals surface area contributed by atoms with Crippen molar-refractivity contribution in [3.05, 3.63) is 0 Å². The molecular formula is C11H19N3. The third-order valence-electron chi connectivity index (χ3n) is 3.59. The molecule has 1 aliphatic carbocycles. The van der Waals surface area contributed by atoms with E-state index in [1.807, 2.05) is 0 Å². The number of hydrogen-bond acceptors (Lipinski definition) is 3. The highest BCUT2D eigenvalue weighted by molar-refractivity contribution is 5.02. The van der Waals surface area contributed by atoms with Gasteiger partial charge in [0, 0.05) is 38.6 Å². The molecule has 2 fully saturated rings. The SMILES string of the molecule is CC1CNCCN1CC1(CC#N)CC1. The molecule has 1 unspecified atom stereocenters. The summed E-state index contributed by atoms with van der Waals surface area (Å²) in [4.78, 5) is 2.54. The van der Waals surface area contributed by atoms with Gasteiger partial charge in [-0.15, -0.1) is 0 Å². The Hall–Kier alpha value is -0.590. The van der Waals surface area contributed by atoms with Gasteiger partial charge in [-0.2, -0.15) is 5.26 Å². The van der Waals surface area contributed by atoms with Gasteiger partial charge in [0.25, 0.3) is 0 Å². The van der Waals surface area contributed by atoms with Crippen molar-refractivity contribution in [2.45, 2.75) is 32.2 Å². The van der Waals surface area contributed by atoms with Gasteiger partial charge in [-0.1, -0.05) is 0 Å². The molecule has 1 aliphatic heterocycles. The molecule has 0 aromatic rings. The minimum atomic E-state index is 0.375. The number of nitriles is 1. The van der Waals surface area contributed by atoms with E-state index < -0.39 is 0 Å². The highest BCUT2D eigenvalue weighted by atomic mass is 15.2. The monoisotopic (exact) mass is 193 g/mol. The van der Waals surface area contributed by atoms with Crippen molar-refractivity contribution in [2.75, 3.05) is 26.2 Å². The second-order valence-electron chi connectivity index (χ2n) is 4.86. The fourth-order valence-electron chi connectivity index (χ4n) is 2.28. The summed E-state index contributed by atoms with van der Waals surface area (Å²) in [5.41, 5.74) is 0.375. The zero-order chi connectivity index (χ0) is 10.0. The fraction of sp³-hybridized carbons (Fsp3) is 0.909. The summed E-state index contributed by atoms with van der Waals surface area (Å²) in [7, 11) is 0. The van der Waals surface area contributed by atoms with E-state index in [-0.39, 0.29) is 0 Å². The minimum Gasteiger partial charge on any atom is -0.314 e. The Morgan fingerprint density at radius 2 is 2.36 bits per heavy atom. The van der Waals surface area contributed by atoms with Gasteiger partial charge in [-0.25, -0.2) is 0 Å². The molecular weight excluding hydrogens is 174 g/mol. The van der Waals surface area contributed by atoms with Crippen molar-refractivity contribution in [1.29, 1.82) is 5.26 Å². The molecule has 2 aliphatic rings. The third-order valence-corrected chi connectivity index (χ3v) is 3.59. The molecule has 0 spiro atoms. The van der Waals surface area contributed by atoms with E-state index in [0.29, 0.717) is 11.5 Å². The van der Waals surface area contributed by atoms with Crippen molar-refractivity contribution >= 4 is 0 Å². The second-order valence-corrected chi connectivity index (χ2v) is 4.86. The number of rotatable bonds is 3. The summed E-state index contributed by atoms with van der Waals surface area (Å²) >= 11 is 0.